The van der Waals surface area contributed by atoms with E-state index in [1.807, 2.05) is 0 Å². The zero-order chi connectivity index (χ0) is 13.1. The summed E-state index contributed by atoms with van der Waals surface area (Å²) in [6.45, 7) is 0.716. The number of hydrogen-bond acceptors (Lipinski definition) is 1. The predicted molar refractivity (Wildman–Crippen MR) is 76.4 cm³/mol. The van der Waals surface area contributed by atoms with Crippen LogP contribution in [0.4, 0.5) is 0 Å². The Bertz CT molecular complexity index is 345. The van der Waals surface area contributed by atoms with Gasteiger partial charge in [-0.3, -0.25) is 4.79 Å². The summed E-state index contributed by atoms with van der Waals surface area (Å²) in [4.78, 5) is 12.0. The van der Waals surface area contributed by atoms with Gasteiger partial charge < -0.3 is 4.90 Å². The molecule has 0 saturated heterocycles. The molecular weight excluding hydrogens is 222 g/mol. The smallest absolute Gasteiger partial charge is 0.209 e. The number of nitrogens with zero attached hydrogens (tertiary/aromatic N) is 1. The van der Waals surface area contributed by atoms with Crippen LogP contribution in [0, 0.1) is 0 Å². The van der Waals surface area contributed by atoms with Gasteiger partial charge in [-0.1, -0.05) is 48.9 Å². The minimum Gasteiger partial charge on any atom is -0.345 e. The first-order valence-electron chi connectivity index (χ1n) is 6.67. The van der Waals surface area contributed by atoms with Crippen molar-refractivity contribution in [1.82, 2.24) is 4.90 Å². The van der Waals surface area contributed by atoms with Gasteiger partial charge in [-0.15, -0.1) is 0 Å². The third-order valence-electron chi connectivity index (χ3n) is 2.92. The highest BCUT2D eigenvalue weighted by Gasteiger charge is 1.92. The van der Waals surface area contributed by atoms with Crippen molar-refractivity contribution in [3.63, 3.8) is 0 Å². The standard InChI is InChI=1S/C16H23NO/c1-17(15-18)14-10-5-3-2-4-7-11-16-12-8-6-9-13-16/h5-6,8-10,12-13,15H,2-4,7,11,14H2,1H3/b10-5+. The van der Waals surface area contributed by atoms with Crippen LogP contribution < -0.4 is 0 Å². The fourth-order valence-corrected chi connectivity index (χ4v) is 1.81. The average molecular weight is 245 g/mol. The molecule has 0 N–H and O–H groups in total. The Kier molecular flexibility index (Phi) is 7.61. The highest BCUT2D eigenvalue weighted by atomic mass is 16.1. The van der Waals surface area contributed by atoms with E-state index < -0.39 is 0 Å². The molecule has 0 aliphatic carbocycles. The molecule has 0 saturated carbocycles. The Morgan fingerprint density at radius 1 is 1.06 bits per heavy atom. The number of rotatable bonds is 9. The molecule has 0 aliphatic rings. The van der Waals surface area contributed by atoms with Gasteiger partial charge in [0.15, 0.2) is 0 Å². The van der Waals surface area contributed by atoms with Crippen LogP contribution >= 0.6 is 0 Å². The summed E-state index contributed by atoms with van der Waals surface area (Å²) in [5.74, 6) is 0. The van der Waals surface area contributed by atoms with Gasteiger partial charge in [-0.25, -0.2) is 0 Å². The lowest BCUT2D eigenvalue weighted by molar-refractivity contribution is -0.116. The van der Waals surface area contributed by atoms with Crippen molar-refractivity contribution in [2.24, 2.45) is 0 Å². The second-order valence-electron chi connectivity index (χ2n) is 4.60. The monoisotopic (exact) mass is 245 g/mol. The number of carbonyl (C=O) groups is 1. The van der Waals surface area contributed by atoms with Crippen molar-refractivity contribution >= 4 is 6.41 Å². The third-order valence-corrected chi connectivity index (χ3v) is 2.92. The van der Waals surface area contributed by atoms with Crippen molar-refractivity contribution < 1.29 is 4.79 Å². The fraction of sp³-hybridized carbons (Fsp3) is 0.438. The number of benzene rings is 1. The summed E-state index contributed by atoms with van der Waals surface area (Å²) in [6, 6.07) is 10.6. The van der Waals surface area contributed by atoms with E-state index in [2.05, 4.69) is 42.5 Å². The lowest BCUT2D eigenvalue weighted by atomic mass is 10.1. The SMILES string of the molecule is CN(C=O)C/C=C/CCCCCc1ccccc1. The first kappa shape index (κ1) is 14.5. The Labute approximate surface area is 110 Å². The number of hydrogen-bond donors (Lipinski definition) is 0. The molecule has 0 fully saturated rings. The van der Waals surface area contributed by atoms with Gasteiger partial charge in [0, 0.05) is 13.6 Å². The van der Waals surface area contributed by atoms with Crippen molar-refractivity contribution in [1.29, 1.82) is 0 Å². The van der Waals surface area contributed by atoms with E-state index in [0.29, 0.717) is 6.54 Å². The number of likely N-dealkylation sites (N-methyl/N-ethyl adjacent to an activating group) is 1. The van der Waals surface area contributed by atoms with E-state index in [1.165, 1.54) is 31.2 Å². The van der Waals surface area contributed by atoms with Crippen molar-refractivity contribution in [2.45, 2.75) is 32.1 Å². The van der Waals surface area contributed by atoms with Crippen LogP contribution in [0.25, 0.3) is 0 Å². The summed E-state index contributed by atoms with van der Waals surface area (Å²) in [5.41, 5.74) is 1.43. The maximum absolute atomic E-state index is 10.3. The van der Waals surface area contributed by atoms with Crippen molar-refractivity contribution in [3.05, 3.63) is 48.0 Å². The zero-order valence-corrected chi connectivity index (χ0v) is 11.2. The summed E-state index contributed by atoms with van der Waals surface area (Å²) in [5, 5.41) is 0. The lowest BCUT2D eigenvalue weighted by Crippen LogP contribution is -2.14. The number of unbranched alkanes of at least 4 members (excludes halogenated alkanes) is 3. The molecule has 1 aromatic carbocycles. The predicted octanol–water partition coefficient (Wildman–Crippen LogP) is 3.43. The van der Waals surface area contributed by atoms with Gasteiger partial charge in [0.05, 0.1) is 0 Å². The Morgan fingerprint density at radius 2 is 1.83 bits per heavy atom. The molecule has 0 bridgehead atoms. The third kappa shape index (κ3) is 6.89. The van der Waals surface area contributed by atoms with Crippen molar-refractivity contribution in [2.75, 3.05) is 13.6 Å². The lowest BCUT2D eigenvalue weighted by Gasteiger charge is -2.04. The van der Waals surface area contributed by atoms with E-state index in [4.69, 9.17) is 0 Å². The van der Waals surface area contributed by atoms with Crippen LogP contribution in [0.15, 0.2) is 42.5 Å². The van der Waals surface area contributed by atoms with E-state index in [9.17, 15) is 4.79 Å². The molecule has 1 amide bonds. The molecule has 98 valence electrons. The van der Waals surface area contributed by atoms with Crippen LogP contribution in [0.1, 0.15) is 31.2 Å². The molecule has 0 atom stereocenters. The Morgan fingerprint density at radius 3 is 2.56 bits per heavy atom. The molecule has 2 nitrogen and oxygen atoms in total. The topological polar surface area (TPSA) is 20.3 Å². The van der Waals surface area contributed by atoms with E-state index in [1.54, 1.807) is 11.9 Å². The largest absolute Gasteiger partial charge is 0.345 e. The van der Waals surface area contributed by atoms with E-state index in [0.717, 1.165) is 12.8 Å². The molecule has 1 rings (SSSR count). The molecule has 2 heteroatoms. The van der Waals surface area contributed by atoms with E-state index >= 15 is 0 Å². The molecule has 0 radical (unpaired) electrons. The summed E-state index contributed by atoms with van der Waals surface area (Å²) in [6.07, 6.45) is 11.1. The minimum atomic E-state index is 0.716. The fourth-order valence-electron chi connectivity index (χ4n) is 1.81. The van der Waals surface area contributed by atoms with Crippen molar-refractivity contribution in [3.8, 4) is 0 Å². The molecule has 0 aliphatic heterocycles. The number of aryl methyl sites for hydroxylation is 1. The Hall–Kier alpha value is -1.57. The quantitative estimate of drug-likeness (QED) is 0.371. The van der Waals surface area contributed by atoms with Crippen LogP contribution in [0.2, 0.25) is 0 Å². The van der Waals surface area contributed by atoms with Crippen LogP contribution in [-0.4, -0.2) is 24.9 Å². The average Bonchev–Trinajstić information content (AvgIpc) is 2.42. The second-order valence-corrected chi connectivity index (χ2v) is 4.60. The summed E-state index contributed by atoms with van der Waals surface area (Å²) < 4.78 is 0. The first-order chi connectivity index (χ1) is 8.83. The molecule has 0 spiro atoms. The number of amides is 1. The van der Waals surface area contributed by atoms with Gasteiger partial charge >= 0.3 is 0 Å². The van der Waals surface area contributed by atoms with Crippen LogP contribution in [-0.2, 0) is 11.2 Å². The molecule has 0 heterocycles. The summed E-state index contributed by atoms with van der Waals surface area (Å²) in [7, 11) is 1.79. The summed E-state index contributed by atoms with van der Waals surface area (Å²) >= 11 is 0. The minimum absolute atomic E-state index is 0.716. The molecule has 18 heavy (non-hydrogen) atoms. The molecule has 0 unspecified atom stereocenters. The number of allylic oxidation sites excluding steroid dienone is 1. The normalized spacial score (nSPS) is 10.7. The molecule has 1 aromatic rings. The molecule has 0 aromatic heterocycles. The molecular formula is C16H23NO. The Balaban J connectivity index is 1.97. The van der Waals surface area contributed by atoms with Gasteiger partial charge in [0.2, 0.25) is 6.41 Å². The van der Waals surface area contributed by atoms with Gasteiger partial charge in [-0.2, -0.15) is 0 Å². The van der Waals surface area contributed by atoms with Crippen LogP contribution in [0.5, 0.6) is 0 Å². The highest BCUT2D eigenvalue weighted by molar-refractivity contribution is 5.46. The van der Waals surface area contributed by atoms with Crippen LogP contribution in [0.3, 0.4) is 0 Å². The maximum Gasteiger partial charge on any atom is 0.209 e. The maximum atomic E-state index is 10.3. The highest BCUT2D eigenvalue weighted by Crippen LogP contribution is 2.07. The first-order valence-corrected chi connectivity index (χ1v) is 6.67. The van der Waals surface area contributed by atoms with Gasteiger partial charge in [0.25, 0.3) is 0 Å². The van der Waals surface area contributed by atoms with Gasteiger partial charge in [0.1, 0.15) is 0 Å². The number of carbonyl (C=O) groups excluding carboxylic acids is 1. The second kappa shape index (κ2) is 9.46. The van der Waals surface area contributed by atoms with E-state index in [-0.39, 0.29) is 0 Å². The zero-order valence-electron chi connectivity index (χ0n) is 11.2. The van der Waals surface area contributed by atoms with Gasteiger partial charge in [-0.05, 0) is 31.2 Å².